The molecule has 1 aliphatic heterocycles. The first-order valence-corrected chi connectivity index (χ1v) is 9.35. The van der Waals surface area contributed by atoms with Crippen LogP contribution in [0.15, 0.2) is 6.07 Å². The number of benzene rings is 1. The second kappa shape index (κ2) is 7.74. The number of carbonyl (C=O) groups excluding carboxylic acids is 2. The van der Waals surface area contributed by atoms with E-state index in [9.17, 15) is 14.0 Å². The van der Waals surface area contributed by atoms with Gasteiger partial charge in [0.05, 0.1) is 22.8 Å². The third-order valence-corrected chi connectivity index (χ3v) is 5.56. The largest absolute Gasteiger partial charge is 0.366 e. The Balaban J connectivity index is 2.11. The minimum Gasteiger partial charge on any atom is -0.366 e. The molecule has 3 N–H and O–H groups in total. The Morgan fingerprint density at radius 3 is 2.66 bits per heavy atom. The minimum absolute atomic E-state index is 0.0103. The molecule has 0 aliphatic carbocycles. The highest BCUT2D eigenvalue weighted by Gasteiger charge is 2.34. The van der Waals surface area contributed by atoms with Gasteiger partial charge >= 0.3 is 0 Å². The summed E-state index contributed by atoms with van der Waals surface area (Å²) < 4.78 is 29.8. The lowest BCUT2D eigenvalue weighted by Crippen LogP contribution is -2.52. The summed E-state index contributed by atoms with van der Waals surface area (Å²) in [4.78, 5) is 30.0. The molecule has 0 radical (unpaired) electrons. The molecule has 0 bridgehead atoms. The Labute approximate surface area is 168 Å². The van der Waals surface area contributed by atoms with Crippen molar-refractivity contribution in [3.05, 3.63) is 28.7 Å². The number of anilines is 1. The van der Waals surface area contributed by atoms with Crippen LogP contribution in [0.5, 0.6) is 0 Å². The van der Waals surface area contributed by atoms with Gasteiger partial charge in [-0.1, -0.05) is 5.92 Å². The molecule has 154 valence electrons. The number of nitrogens with one attached hydrogen (secondary N) is 1. The first-order valence-electron chi connectivity index (χ1n) is 9.35. The molecule has 1 aromatic carbocycles. The standard InChI is InChI=1S/C21H24F2N4O2/c1-5-6-17(28)26(4)14-7-13(22)9-27(10-14)20-16(23)8-15(21(24)29)19-18(20)11(2)12(3)25-19/h8,13-14,25H,7,9-10H2,1-4H3,(H2,24,29)/t13-,14-/m0/s1. The lowest BCUT2D eigenvalue weighted by Gasteiger charge is -2.40. The number of hydrogen-bond donors (Lipinski definition) is 2. The number of halogens is 2. The van der Waals surface area contributed by atoms with Crippen LogP contribution >= 0.6 is 0 Å². The second-order valence-electron chi connectivity index (χ2n) is 7.43. The molecule has 2 amide bonds. The van der Waals surface area contributed by atoms with Crippen molar-refractivity contribution in [3.63, 3.8) is 0 Å². The van der Waals surface area contributed by atoms with E-state index in [1.807, 2.05) is 13.8 Å². The number of H-pyrrole nitrogens is 1. The normalized spacial score (nSPS) is 19.0. The van der Waals surface area contributed by atoms with E-state index in [0.29, 0.717) is 10.9 Å². The summed E-state index contributed by atoms with van der Waals surface area (Å²) in [6.07, 6.45) is -1.09. The van der Waals surface area contributed by atoms with E-state index in [2.05, 4.69) is 16.8 Å². The molecule has 6 nitrogen and oxygen atoms in total. The number of aromatic amines is 1. The molecule has 0 spiro atoms. The van der Waals surface area contributed by atoms with Gasteiger partial charge < -0.3 is 20.5 Å². The van der Waals surface area contributed by atoms with Crippen molar-refractivity contribution in [2.45, 2.75) is 39.4 Å². The zero-order valence-electron chi connectivity index (χ0n) is 16.9. The number of piperidine rings is 1. The quantitative estimate of drug-likeness (QED) is 0.774. The fourth-order valence-electron chi connectivity index (χ4n) is 3.94. The van der Waals surface area contributed by atoms with E-state index in [1.54, 1.807) is 18.9 Å². The fraction of sp³-hybridized carbons (Fsp3) is 0.429. The van der Waals surface area contributed by atoms with Crippen molar-refractivity contribution in [3.8, 4) is 11.8 Å². The molecule has 3 rings (SSSR count). The van der Waals surface area contributed by atoms with Gasteiger partial charge in [-0.3, -0.25) is 9.59 Å². The van der Waals surface area contributed by atoms with E-state index < -0.39 is 29.8 Å². The lowest BCUT2D eigenvalue weighted by atomic mass is 9.98. The molecule has 8 heteroatoms. The topological polar surface area (TPSA) is 82.4 Å². The van der Waals surface area contributed by atoms with Crippen molar-refractivity contribution >= 4 is 28.4 Å². The first kappa shape index (κ1) is 20.6. The smallest absolute Gasteiger partial charge is 0.298 e. The molecule has 1 saturated heterocycles. The highest BCUT2D eigenvalue weighted by atomic mass is 19.1. The van der Waals surface area contributed by atoms with Gasteiger partial charge in [0, 0.05) is 37.6 Å². The van der Waals surface area contributed by atoms with E-state index in [-0.39, 0.29) is 30.8 Å². The lowest BCUT2D eigenvalue weighted by molar-refractivity contribution is -0.126. The summed E-state index contributed by atoms with van der Waals surface area (Å²) in [7, 11) is 1.57. The predicted molar refractivity (Wildman–Crippen MR) is 108 cm³/mol. The van der Waals surface area contributed by atoms with Crippen LogP contribution in [0.3, 0.4) is 0 Å². The van der Waals surface area contributed by atoms with Gasteiger partial charge in [0.2, 0.25) is 0 Å². The number of carbonyl (C=O) groups is 2. The number of aromatic nitrogens is 1. The van der Waals surface area contributed by atoms with Crippen molar-refractivity contribution in [2.24, 2.45) is 5.73 Å². The van der Waals surface area contributed by atoms with E-state index in [4.69, 9.17) is 5.73 Å². The Morgan fingerprint density at radius 2 is 2.03 bits per heavy atom. The van der Waals surface area contributed by atoms with Gasteiger partial charge in [-0.05, 0) is 38.3 Å². The maximum Gasteiger partial charge on any atom is 0.298 e. The number of aryl methyl sites for hydroxylation is 2. The summed E-state index contributed by atoms with van der Waals surface area (Å²) in [6, 6.07) is 0.627. The Kier molecular flexibility index (Phi) is 5.51. The minimum atomic E-state index is -1.25. The van der Waals surface area contributed by atoms with Crippen molar-refractivity contribution in [1.82, 2.24) is 9.88 Å². The molecule has 1 aliphatic rings. The zero-order valence-corrected chi connectivity index (χ0v) is 16.9. The monoisotopic (exact) mass is 402 g/mol. The van der Waals surface area contributed by atoms with E-state index >= 15 is 4.39 Å². The second-order valence-corrected chi connectivity index (χ2v) is 7.43. The number of alkyl halides is 1. The zero-order chi connectivity index (χ0) is 21.5. The van der Waals surface area contributed by atoms with Gasteiger partial charge in [0.25, 0.3) is 11.8 Å². The van der Waals surface area contributed by atoms with Crippen LogP contribution in [-0.2, 0) is 4.79 Å². The summed E-state index contributed by atoms with van der Waals surface area (Å²) in [5.74, 6) is 3.19. The number of fused-ring (bicyclic) bond motifs is 1. The summed E-state index contributed by atoms with van der Waals surface area (Å²) in [5.41, 5.74) is 7.65. The van der Waals surface area contributed by atoms with Crippen LogP contribution < -0.4 is 10.6 Å². The van der Waals surface area contributed by atoms with E-state index in [1.165, 1.54) is 4.90 Å². The molecular weight excluding hydrogens is 378 g/mol. The SMILES string of the molecule is CC#CC(=O)N(C)[C@H]1C[C@H](F)CN(c2c(F)cc(C(N)=O)c3[nH]c(C)c(C)c23)C1. The van der Waals surface area contributed by atoms with Crippen LogP contribution in [-0.4, -0.2) is 54.0 Å². The maximum atomic E-state index is 15.2. The molecule has 2 heterocycles. The van der Waals surface area contributed by atoms with Gasteiger partial charge in [-0.15, -0.1) is 0 Å². The number of rotatable bonds is 3. The number of primary amides is 1. The molecule has 0 unspecified atom stereocenters. The summed E-state index contributed by atoms with van der Waals surface area (Å²) in [6.45, 7) is 5.42. The molecule has 0 saturated carbocycles. The third kappa shape index (κ3) is 3.65. The van der Waals surface area contributed by atoms with Crippen LogP contribution in [0.4, 0.5) is 14.5 Å². The van der Waals surface area contributed by atoms with Gasteiger partial charge in [-0.25, -0.2) is 8.78 Å². The Bertz CT molecular complexity index is 1050. The molecule has 2 aromatic rings. The molecule has 1 aromatic heterocycles. The van der Waals surface area contributed by atoms with Crippen LogP contribution in [0.25, 0.3) is 10.9 Å². The fourth-order valence-corrected chi connectivity index (χ4v) is 3.94. The number of hydrogen-bond acceptors (Lipinski definition) is 3. The first-order chi connectivity index (χ1) is 13.6. The predicted octanol–water partition coefficient (Wildman–Crippen LogP) is 2.42. The molecular formula is C21H24F2N4O2. The highest BCUT2D eigenvalue weighted by Crippen LogP contribution is 2.38. The van der Waals surface area contributed by atoms with Crippen molar-refractivity contribution < 1.29 is 18.4 Å². The molecule has 1 fully saturated rings. The number of nitrogens with two attached hydrogens (primary N) is 1. The van der Waals surface area contributed by atoms with Crippen LogP contribution in [0.2, 0.25) is 0 Å². The summed E-state index contributed by atoms with van der Waals surface area (Å²) in [5, 5.41) is 0.506. The molecule has 29 heavy (non-hydrogen) atoms. The van der Waals surface area contributed by atoms with Crippen LogP contribution in [0, 0.1) is 31.5 Å². The summed E-state index contributed by atoms with van der Waals surface area (Å²) >= 11 is 0. The Hall–Kier alpha value is -3.08. The van der Waals surface area contributed by atoms with Crippen LogP contribution in [0.1, 0.15) is 35.0 Å². The average molecular weight is 402 g/mol. The number of nitrogens with zero attached hydrogens (tertiary/aromatic N) is 2. The van der Waals surface area contributed by atoms with Gasteiger partial charge in [0.1, 0.15) is 12.0 Å². The average Bonchev–Trinajstić information content (AvgIpc) is 2.95. The Morgan fingerprint density at radius 1 is 1.34 bits per heavy atom. The third-order valence-electron chi connectivity index (χ3n) is 5.56. The van der Waals surface area contributed by atoms with Crippen molar-refractivity contribution in [2.75, 3.05) is 25.0 Å². The van der Waals surface area contributed by atoms with Gasteiger partial charge in [0.15, 0.2) is 0 Å². The van der Waals surface area contributed by atoms with E-state index in [0.717, 1.165) is 17.3 Å². The molecule has 2 atom stereocenters. The number of likely N-dealkylation sites (N-methyl/N-ethyl adjacent to an activating group) is 1. The number of amides is 2. The highest BCUT2D eigenvalue weighted by molar-refractivity contribution is 6.10. The van der Waals surface area contributed by atoms with Gasteiger partial charge in [-0.2, -0.15) is 0 Å². The maximum absolute atomic E-state index is 15.2. The van der Waals surface area contributed by atoms with Crippen molar-refractivity contribution in [1.29, 1.82) is 0 Å².